The third-order valence-electron chi connectivity index (χ3n) is 9.34. The van der Waals surface area contributed by atoms with Crippen LogP contribution in [-0.4, -0.2) is 17.8 Å². The molecule has 3 saturated carbocycles. The maximum atomic E-state index is 12.2. The summed E-state index contributed by atoms with van der Waals surface area (Å²) >= 11 is 0. The number of rotatable bonds is 3. The van der Waals surface area contributed by atoms with Crippen molar-refractivity contribution in [1.29, 1.82) is 0 Å². The molecule has 2 N–H and O–H groups in total. The van der Waals surface area contributed by atoms with E-state index in [0.717, 1.165) is 56.2 Å². The Bertz CT molecular complexity index is 944. The maximum Gasteiger partial charge on any atom is 0.335 e. The molecule has 0 radical (unpaired) electrons. The van der Waals surface area contributed by atoms with Crippen molar-refractivity contribution in [1.82, 2.24) is 5.48 Å². The lowest BCUT2D eigenvalue weighted by atomic mass is 9.45. The monoisotopic (exact) mass is 411 g/mol. The van der Waals surface area contributed by atoms with Gasteiger partial charge in [0.05, 0.1) is 24.7 Å². The van der Waals surface area contributed by atoms with Crippen LogP contribution in [0.15, 0.2) is 51.0 Å². The summed E-state index contributed by atoms with van der Waals surface area (Å²) in [5.74, 6) is 1.04. The zero-order valence-electron chi connectivity index (χ0n) is 18.2. The molecular weight excluding hydrogens is 378 g/mol. The molecule has 0 amide bonds. The van der Waals surface area contributed by atoms with E-state index in [0.29, 0.717) is 11.8 Å². The highest BCUT2D eigenvalue weighted by atomic mass is 16.6. The highest BCUT2D eigenvalue weighted by Gasteiger charge is 2.66. The molecule has 0 bridgehead atoms. The van der Waals surface area contributed by atoms with Crippen LogP contribution in [0.25, 0.3) is 0 Å². The zero-order valence-corrected chi connectivity index (χ0v) is 18.2. The number of allylic oxidation sites excluding steroid dienone is 3. The smallest absolute Gasteiger partial charge is 0.335 e. The van der Waals surface area contributed by atoms with E-state index in [1.165, 1.54) is 11.6 Å². The average molecular weight is 412 g/mol. The van der Waals surface area contributed by atoms with Crippen LogP contribution in [0.3, 0.4) is 0 Å². The minimum Gasteiger partial charge on any atom is -0.431 e. The normalized spacial score (nSPS) is 42.5. The van der Waals surface area contributed by atoms with Crippen molar-refractivity contribution in [3.8, 4) is 0 Å². The highest BCUT2D eigenvalue weighted by molar-refractivity contribution is 5.36. The Morgan fingerprint density at radius 1 is 1.17 bits per heavy atom. The van der Waals surface area contributed by atoms with Gasteiger partial charge in [-0.05, 0) is 85.8 Å². The summed E-state index contributed by atoms with van der Waals surface area (Å²) in [5, 5.41) is 12.2. The van der Waals surface area contributed by atoms with Gasteiger partial charge in [0, 0.05) is 11.5 Å². The molecule has 0 saturated heterocycles. The fraction of sp³-hybridized carbons (Fsp3) is 0.640. The average Bonchev–Trinajstić information content (AvgIpc) is 3.01. The molecule has 4 aliphatic rings. The minimum atomic E-state index is -0.667. The van der Waals surface area contributed by atoms with Crippen LogP contribution in [-0.2, 0) is 4.84 Å². The van der Waals surface area contributed by atoms with E-state index < -0.39 is 5.60 Å². The lowest BCUT2D eigenvalue weighted by molar-refractivity contribution is -0.175. The van der Waals surface area contributed by atoms with Gasteiger partial charge in [-0.1, -0.05) is 25.5 Å². The van der Waals surface area contributed by atoms with Gasteiger partial charge >= 0.3 is 5.63 Å². The Morgan fingerprint density at radius 2 is 2.00 bits per heavy atom. The van der Waals surface area contributed by atoms with E-state index in [4.69, 9.17) is 9.25 Å². The standard InChI is InChI=1S/C25H33NO4/c1-23-11-8-18(26-29-3)14-17(23)5-6-21-20(23)9-12-24(2)19(10-13-25(21,24)28)16-4-7-22(27)30-15-16/h4,7-8,14-15,19-21,26,28H,5-6,9-13H2,1-3H3/t19-,20?,21?,23+,24-,25+/m1/s1. The first-order chi connectivity index (χ1) is 14.3. The molecule has 4 aliphatic carbocycles. The lowest BCUT2D eigenvalue weighted by Gasteiger charge is -2.61. The molecule has 0 spiro atoms. The molecule has 0 aromatic carbocycles. The predicted octanol–water partition coefficient (Wildman–Crippen LogP) is 4.45. The molecule has 6 atom stereocenters. The number of nitrogens with one attached hydrogen (secondary N) is 1. The van der Waals surface area contributed by atoms with E-state index >= 15 is 0 Å². The largest absolute Gasteiger partial charge is 0.431 e. The molecule has 162 valence electrons. The van der Waals surface area contributed by atoms with Crippen molar-refractivity contribution in [3.05, 3.63) is 57.8 Å². The molecule has 0 aliphatic heterocycles. The molecule has 3 fully saturated rings. The summed E-state index contributed by atoms with van der Waals surface area (Å²) in [7, 11) is 1.65. The van der Waals surface area contributed by atoms with Crippen molar-refractivity contribution >= 4 is 0 Å². The van der Waals surface area contributed by atoms with Crippen LogP contribution >= 0.6 is 0 Å². The third kappa shape index (κ3) is 2.64. The van der Waals surface area contributed by atoms with Gasteiger partial charge in [-0.25, -0.2) is 4.79 Å². The number of hydrogen-bond acceptors (Lipinski definition) is 5. The van der Waals surface area contributed by atoms with Crippen molar-refractivity contribution in [2.24, 2.45) is 22.7 Å². The minimum absolute atomic E-state index is 0.108. The second kappa shape index (κ2) is 6.83. The van der Waals surface area contributed by atoms with Crippen LogP contribution in [0.2, 0.25) is 0 Å². The molecule has 5 rings (SSSR count). The molecular formula is C25H33NO4. The Balaban J connectivity index is 1.47. The summed E-state index contributed by atoms with van der Waals surface area (Å²) in [6, 6.07) is 3.42. The van der Waals surface area contributed by atoms with Crippen molar-refractivity contribution < 1.29 is 14.4 Å². The van der Waals surface area contributed by atoms with Crippen LogP contribution in [0.4, 0.5) is 0 Å². The van der Waals surface area contributed by atoms with Gasteiger partial charge in [-0.3, -0.25) is 10.3 Å². The molecule has 30 heavy (non-hydrogen) atoms. The van der Waals surface area contributed by atoms with Crippen molar-refractivity contribution in [2.75, 3.05) is 7.11 Å². The van der Waals surface area contributed by atoms with Gasteiger partial charge in [0.25, 0.3) is 0 Å². The number of hydroxylamine groups is 1. The van der Waals surface area contributed by atoms with Gasteiger partial charge in [0.2, 0.25) is 0 Å². The second-order valence-electron chi connectivity index (χ2n) is 10.4. The summed E-state index contributed by atoms with van der Waals surface area (Å²) < 4.78 is 5.18. The summed E-state index contributed by atoms with van der Waals surface area (Å²) in [6.07, 6.45) is 13.1. The van der Waals surface area contributed by atoms with Gasteiger partial charge in [0.15, 0.2) is 0 Å². The molecule has 2 unspecified atom stereocenters. The summed E-state index contributed by atoms with van der Waals surface area (Å²) in [4.78, 5) is 16.6. The Kier molecular flexibility index (Phi) is 4.57. The highest BCUT2D eigenvalue weighted by Crippen LogP contribution is 2.69. The van der Waals surface area contributed by atoms with E-state index in [1.54, 1.807) is 13.4 Å². The van der Waals surface area contributed by atoms with Crippen molar-refractivity contribution in [3.63, 3.8) is 0 Å². The van der Waals surface area contributed by atoms with Gasteiger partial charge in [-0.15, -0.1) is 0 Å². The Morgan fingerprint density at radius 3 is 2.73 bits per heavy atom. The first-order valence-electron chi connectivity index (χ1n) is 11.3. The second-order valence-corrected chi connectivity index (χ2v) is 10.4. The molecule has 1 aromatic heterocycles. The first-order valence-corrected chi connectivity index (χ1v) is 11.3. The van der Waals surface area contributed by atoms with E-state index in [2.05, 4.69) is 31.5 Å². The summed E-state index contributed by atoms with van der Waals surface area (Å²) in [5.41, 5.74) is 5.54. The third-order valence-corrected chi connectivity index (χ3v) is 9.34. The van der Waals surface area contributed by atoms with Crippen LogP contribution in [0, 0.1) is 22.7 Å². The first kappa shape index (κ1) is 20.1. The van der Waals surface area contributed by atoms with Crippen LogP contribution < -0.4 is 11.1 Å². The fourth-order valence-electron chi connectivity index (χ4n) is 7.68. The molecule has 1 aromatic rings. The van der Waals surface area contributed by atoms with Crippen molar-refractivity contribution in [2.45, 2.75) is 70.3 Å². The van der Waals surface area contributed by atoms with E-state index in [1.807, 2.05) is 6.07 Å². The van der Waals surface area contributed by atoms with E-state index in [9.17, 15) is 9.90 Å². The Labute approximate surface area is 178 Å². The topological polar surface area (TPSA) is 71.7 Å². The van der Waals surface area contributed by atoms with Gasteiger partial charge < -0.3 is 9.52 Å². The number of hydrogen-bond donors (Lipinski definition) is 2. The fourth-order valence-corrected chi connectivity index (χ4v) is 7.68. The number of fused-ring (bicyclic) bond motifs is 5. The van der Waals surface area contributed by atoms with Gasteiger partial charge in [0.1, 0.15) is 0 Å². The quantitative estimate of drug-likeness (QED) is 0.719. The predicted molar refractivity (Wildman–Crippen MR) is 114 cm³/mol. The summed E-state index contributed by atoms with van der Waals surface area (Å²) in [6.45, 7) is 4.68. The number of aliphatic hydroxyl groups is 1. The maximum absolute atomic E-state index is 12.2. The SMILES string of the molecule is CONC1=CC[C@@]2(C)C(=C1)CCC1C2CC[C@]2(C)[C@@H](c3ccc(=O)oc3)CC[C@]12O. The Hall–Kier alpha value is -1.85. The van der Waals surface area contributed by atoms with Crippen LogP contribution in [0.1, 0.15) is 70.3 Å². The van der Waals surface area contributed by atoms with Gasteiger partial charge in [-0.2, -0.15) is 0 Å². The molecule has 5 nitrogen and oxygen atoms in total. The zero-order chi connectivity index (χ0) is 21.1. The van der Waals surface area contributed by atoms with Crippen LogP contribution in [0.5, 0.6) is 0 Å². The van der Waals surface area contributed by atoms with E-state index in [-0.39, 0.29) is 22.4 Å². The molecule has 1 heterocycles. The lowest BCUT2D eigenvalue weighted by Crippen LogP contribution is -2.60. The molecule has 5 heteroatoms.